The quantitative estimate of drug-likeness (QED) is 0.847. The molecule has 1 aliphatic heterocycles. The number of hydrogen-bond donors (Lipinski definition) is 2. The highest BCUT2D eigenvalue weighted by Gasteiger charge is 2.26. The fourth-order valence-corrected chi connectivity index (χ4v) is 2.42. The van der Waals surface area contributed by atoms with Gasteiger partial charge in [-0.2, -0.15) is 0 Å². The lowest BCUT2D eigenvalue weighted by Crippen LogP contribution is -2.51. The number of amides is 2. The van der Waals surface area contributed by atoms with Crippen LogP contribution in [0.5, 0.6) is 0 Å². The van der Waals surface area contributed by atoms with Crippen molar-refractivity contribution in [2.75, 3.05) is 20.1 Å². The molecule has 110 valence electrons. The highest BCUT2D eigenvalue weighted by Crippen LogP contribution is 2.11. The lowest BCUT2D eigenvalue weighted by molar-refractivity contribution is -0.134. The fraction of sp³-hybridized carbons (Fsp3) is 0.571. The summed E-state index contributed by atoms with van der Waals surface area (Å²) in [7, 11) is 1.80. The van der Waals surface area contributed by atoms with Crippen LogP contribution in [0.15, 0.2) is 22.8 Å². The van der Waals surface area contributed by atoms with E-state index in [4.69, 9.17) is 4.42 Å². The van der Waals surface area contributed by atoms with Gasteiger partial charge in [-0.25, -0.2) is 0 Å². The SMILES string of the molecule is CC(NC(=O)c1ccco1)C(=O)N(C)C1CCNCC1. The van der Waals surface area contributed by atoms with E-state index in [1.165, 1.54) is 6.26 Å². The zero-order valence-corrected chi connectivity index (χ0v) is 11.9. The van der Waals surface area contributed by atoms with Crippen LogP contribution < -0.4 is 10.6 Å². The molecule has 1 unspecified atom stereocenters. The highest BCUT2D eigenvalue weighted by atomic mass is 16.3. The standard InChI is InChI=1S/C14H21N3O3/c1-10(16-13(18)12-4-3-9-20-12)14(19)17(2)11-5-7-15-8-6-11/h3-4,9-11,15H,5-8H2,1-2H3,(H,16,18). The number of hydrogen-bond acceptors (Lipinski definition) is 4. The zero-order valence-electron chi connectivity index (χ0n) is 11.9. The third-order valence-corrected chi connectivity index (χ3v) is 3.67. The molecular formula is C14H21N3O3. The molecule has 20 heavy (non-hydrogen) atoms. The molecule has 1 fully saturated rings. The Morgan fingerprint density at radius 1 is 1.45 bits per heavy atom. The second-order valence-electron chi connectivity index (χ2n) is 5.10. The van der Waals surface area contributed by atoms with E-state index in [1.807, 2.05) is 0 Å². The molecule has 2 N–H and O–H groups in total. The summed E-state index contributed by atoms with van der Waals surface area (Å²) in [5.41, 5.74) is 0. The normalized spacial score (nSPS) is 17.5. The molecule has 1 atom stereocenters. The van der Waals surface area contributed by atoms with E-state index in [1.54, 1.807) is 31.0 Å². The summed E-state index contributed by atoms with van der Waals surface area (Å²) in [5, 5.41) is 5.93. The lowest BCUT2D eigenvalue weighted by atomic mass is 10.0. The minimum atomic E-state index is -0.563. The summed E-state index contributed by atoms with van der Waals surface area (Å²) in [6.07, 6.45) is 3.32. The first kappa shape index (κ1) is 14.6. The van der Waals surface area contributed by atoms with Gasteiger partial charge in [0.05, 0.1) is 6.26 Å². The van der Waals surface area contributed by atoms with Crippen molar-refractivity contribution in [2.45, 2.75) is 31.8 Å². The molecule has 0 aromatic carbocycles. The molecule has 6 nitrogen and oxygen atoms in total. The summed E-state index contributed by atoms with van der Waals surface area (Å²) >= 11 is 0. The van der Waals surface area contributed by atoms with Gasteiger partial charge in [-0.15, -0.1) is 0 Å². The first-order valence-corrected chi connectivity index (χ1v) is 6.91. The van der Waals surface area contributed by atoms with Crippen molar-refractivity contribution in [3.8, 4) is 0 Å². The minimum Gasteiger partial charge on any atom is -0.459 e. The van der Waals surface area contributed by atoms with E-state index >= 15 is 0 Å². The van der Waals surface area contributed by atoms with Gasteiger partial charge in [0.2, 0.25) is 5.91 Å². The van der Waals surface area contributed by atoms with Gasteiger partial charge in [-0.3, -0.25) is 9.59 Å². The summed E-state index contributed by atoms with van der Waals surface area (Å²) in [5.74, 6) is -0.222. The molecule has 0 bridgehead atoms. The highest BCUT2D eigenvalue weighted by molar-refractivity contribution is 5.95. The number of furan rings is 1. The van der Waals surface area contributed by atoms with Gasteiger partial charge in [0.25, 0.3) is 5.91 Å². The Kier molecular flexibility index (Phi) is 4.79. The van der Waals surface area contributed by atoms with Crippen LogP contribution in [0, 0.1) is 0 Å². The predicted molar refractivity (Wildman–Crippen MR) is 74.3 cm³/mol. The fourth-order valence-electron chi connectivity index (χ4n) is 2.42. The summed E-state index contributed by atoms with van der Waals surface area (Å²) < 4.78 is 5.01. The van der Waals surface area contributed by atoms with Crippen molar-refractivity contribution in [1.82, 2.24) is 15.5 Å². The first-order valence-electron chi connectivity index (χ1n) is 6.91. The van der Waals surface area contributed by atoms with Gasteiger partial charge >= 0.3 is 0 Å². The Morgan fingerprint density at radius 2 is 2.15 bits per heavy atom. The Hall–Kier alpha value is -1.82. The minimum absolute atomic E-state index is 0.0724. The van der Waals surface area contributed by atoms with Crippen LogP contribution in [-0.2, 0) is 4.79 Å². The number of likely N-dealkylation sites (N-methyl/N-ethyl adjacent to an activating group) is 1. The van der Waals surface area contributed by atoms with Crippen LogP contribution in [0.3, 0.4) is 0 Å². The van der Waals surface area contributed by atoms with Crippen molar-refractivity contribution >= 4 is 11.8 Å². The third-order valence-electron chi connectivity index (χ3n) is 3.67. The predicted octanol–water partition coefficient (Wildman–Crippen LogP) is 0.608. The number of rotatable bonds is 4. The maximum atomic E-state index is 12.3. The Morgan fingerprint density at radius 3 is 2.75 bits per heavy atom. The number of carbonyl (C=O) groups is 2. The van der Waals surface area contributed by atoms with Crippen molar-refractivity contribution in [2.24, 2.45) is 0 Å². The second-order valence-corrected chi connectivity index (χ2v) is 5.10. The van der Waals surface area contributed by atoms with Crippen LogP contribution in [0.4, 0.5) is 0 Å². The van der Waals surface area contributed by atoms with Gasteiger partial charge in [-0.1, -0.05) is 0 Å². The topological polar surface area (TPSA) is 74.6 Å². The van der Waals surface area contributed by atoms with Gasteiger partial charge < -0.3 is 20.0 Å². The molecule has 2 rings (SSSR count). The average molecular weight is 279 g/mol. The maximum absolute atomic E-state index is 12.3. The van der Waals surface area contributed by atoms with E-state index in [2.05, 4.69) is 10.6 Å². The summed E-state index contributed by atoms with van der Waals surface area (Å²) in [6, 6.07) is 2.89. The van der Waals surface area contributed by atoms with Crippen molar-refractivity contribution < 1.29 is 14.0 Å². The second kappa shape index (κ2) is 6.56. The van der Waals surface area contributed by atoms with Crippen LogP contribution in [-0.4, -0.2) is 48.9 Å². The molecular weight excluding hydrogens is 258 g/mol. The molecule has 1 aromatic heterocycles. The molecule has 1 aromatic rings. The van der Waals surface area contributed by atoms with Crippen LogP contribution in [0.2, 0.25) is 0 Å². The smallest absolute Gasteiger partial charge is 0.287 e. The van der Waals surface area contributed by atoms with Gasteiger partial charge in [-0.05, 0) is 45.0 Å². The van der Waals surface area contributed by atoms with Crippen molar-refractivity contribution in [1.29, 1.82) is 0 Å². The third kappa shape index (κ3) is 3.39. The monoisotopic (exact) mass is 279 g/mol. The molecule has 1 saturated heterocycles. The van der Waals surface area contributed by atoms with Crippen molar-refractivity contribution in [3.05, 3.63) is 24.2 Å². The maximum Gasteiger partial charge on any atom is 0.287 e. The van der Waals surface area contributed by atoms with Gasteiger partial charge in [0.15, 0.2) is 5.76 Å². The van der Waals surface area contributed by atoms with E-state index < -0.39 is 6.04 Å². The molecule has 2 amide bonds. The average Bonchev–Trinajstić information content (AvgIpc) is 3.01. The zero-order chi connectivity index (χ0) is 14.5. The molecule has 0 aliphatic carbocycles. The molecule has 0 radical (unpaired) electrons. The van der Waals surface area contributed by atoms with Crippen LogP contribution in [0.25, 0.3) is 0 Å². The van der Waals surface area contributed by atoms with Crippen LogP contribution in [0.1, 0.15) is 30.3 Å². The largest absolute Gasteiger partial charge is 0.459 e. The van der Waals surface area contributed by atoms with Crippen molar-refractivity contribution in [3.63, 3.8) is 0 Å². The van der Waals surface area contributed by atoms with E-state index in [-0.39, 0.29) is 23.6 Å². The number of nitrogens with zero attached hydrogens (tertiary/aromatic N) is 1. The molecule has 1 aliphatic rings. The Labute approximate surface area is 118 Å². The molecule has 6 heteroatoms. The van der Waals surface area contributed by atoms with Gasteiger partial charge in [0, 0.05) is 13.1 Å². The summed E-state index contributed by atoms with van der Waals surface area (Å²) in [4.78, 5) is 25.9. The van der Waals surface area contributed by atoms with Crippen LogP contribution >= 0.6 is 0 Å². The number of nitrogens with one attached hydrogen (secondary N) is 2. The molecule has 0 saturated carbocycles. The Bertz CT molecular complexity index is 452. The van der Waals surface area contributed by atoms with E-state index in [0.29, 0.717) is 0 Å². The number of carbonyl (C=O) groups excluding carboxylic acids is 2. The molecule has 0 spiro atoms. The number of piperidine rings is 1. The first-order chi connectivity index (χ1) is 9.59. The van der Waals surface area contributed by atoms with E-state index in [0.717, 1.165) is 25.9 Å². The molecule has 2 heterocycles. The lowest BCUT2D eigenvalue weighted by Gasteiger charge is -2.33. The summed E-state index contributed by atoms with van der Waals surface area (Å²) in [6.45, 7) is 3.55. The van der Waals surface area contributed by atoms with Gasteiger partial charge in [0.1, 0.15) is 6.04 Å². The van der Waals surface area contributed by atoms with E-state index in [9.17, 15) is 9.59 Å². The Balaban J connectivity index is 1.89.